The largest absolute Gasteiger partial charge is 0.481 e. The average Bonchev–Trinajstić information content (AvgIpc) is 2.18. The molecule has 0 rings (SSSR count). The van der Waals surface area contributed by atoms with E-state index in [0.29, 0.717) is 6.04 Å². The molecule has 0 aromatic rings. The SMILES string of the molecule is COCCNC(C)CCCC(C)C(=O)O. The van der Waals surface area contributed by atoms with Crippen molar-refractivity contribution in [2.45, 2.75) is 39.2 Å². The highest BCUT2D eigenvalue weighted by Gasteiger charge is 2.10. The monoisotopic (exact) mass is 217 g/mol. The summed E-state index contributed by atoms with van der Waals surface area (Å²) in [5.41, 5.74) is 0. The summed E-state index contributed by atoms with van der Waals surface area (Å²) in [6.07, 6.45) is 2.72. The molecule has 2 unspecified atom stereocenters. The van der Waals surface area contributed by atoms with E-state index in [2.05, 4.69) is 12.2 Å². The minimum Gasteiger partial charge on any atom is -0.481 e. The maximum absolute atomic E-state index is 10.6. The third-order valence-electron chi connectivity index (χ3n) is 2.49. The van der Waals surface area contributed by atoms with Crippen LogP contribution in [0.2, 0.25) is 0 Å². The van der Waals surface area contributed by atoms with Crippen LogP contribution in [-0.2, 0) is 9.53 Å². The van der Waals surface area contributed by atoms with Crippen LogP contribution in [0.4, 0.5) is 0 Å². The van der Waals surface area contributed by atoms with Gasteiger partial charge in [0, 0.05) is 19.7 Å². The van der Waals surface area contributed by atoms with Crippen LogP contribution in [0.1, 0.15) is 33.1 Å². The van der Waals surface area contributed by atoms with Crippen LogP contribution < -0.4 is 5.32 Å². The molecule has 0 aliphatic carbocycles. The molecule has 0 amide bonds. The quantitative estimate of drug-likeness (QED) is 0.575. The van der Waals surface area contributed by atoms with Crippen LogP contribution in [0.3, 0.4) is 0 Å². The van der Waals surface area contributed by atoms with Gasteiger partial charge in [0.15, 0.2) is 0 Å². The van der Waals surface area contributed by atoms with Gasteiger partial charge in [0.25, 0.3) is 0 Å². The van der Waals surface area contributed by atoms with Gasteiger partial charge in [-0.3, -0.25) is 4.79 Å². The number of aliphatic carboxylic acids is 1. The lowest BCUT2D eigenvalue weighted by Crippen LogP contribution is -2.29. The Morgan fingerprint density at radius 3 is 2.60 bits per heavy atom. The number of carbonyl (C=O) groups is 1. The predicted molar refractivity (Wildman–Crippen MR) is 60.0 cm³/mol. The summed E-state index contributed by atoms with van der Waals surface area (Å²) in [6.45, 7) is 5.44. The second-order valence-corrected chi connectivity index (χ2v) is 4.02. The smallest absolute Gasteiger partial charge is 0.306 e. The van der Waals surface area contributed by atoms with Crippen LogP contribution >= 0.6 is 0 Å². The van der Waals surface area contributed by atoms with Gasteiger partial charge in [-0.25, -0.2) is 0 Å². The predicted octanol–water partition coefficient (Wildman–Crippen LogP) is 1.50. The Labute approximate surface area is 92.0 Å². The fraction of sp³-hybridized carbons (Fsp3) is 0.909. The van der Waals surface area contributed by atoms with Crippen molar-refractivity contribution in [3.63, 3.8) is 0 Å². The zero-order valence-corrected chi connectivity index (χ0v) is 9.95. The van der Waals surface area contributed by atoms with E-state index in [1.165, 1.54) is 0 Å². The Hall–Kier alpha value is -0.610. The van der Waals surface area contributed by atoms with Crippen molar-refractivity contribution < 1.29 is 14.6 Å². The first-order valence-electron chi connectivity index (χ1n) is 5.53. The van der Waals surface area contributed by atoms with Gasteiger partial charge >= 0.3 is 5.97 Å². The maximum Gasteiger partial charge on any atom is 0.306 e. The van der Waals surface area contributed by atoms with Gasteiger partial charge in [-0.15, -0.1) is 0 Å². The van der Waals surface area contributed by atoms with Gasteiger partial charge in [0.05, 0.1) is 12.5 Å². The van der Waals surface area contributed by atoms with Crippen LogP contribution in [0.15, 0.2) is 0 Å². The summed E-state index contributed by atoms with van der Waals surface area (Å²) in [6, 6.07) is 0.432. The van der Waals surface area contributed by atoms with E-state index < -0.39 is 5.97 Å². The van der Waals surface area contributed by atoms with E-state index >= 15 is 0 Å². The van der Waals surface area contributed by atoms with E-state index in [1.807, 2.05) is 0 Å². The van der Waals surface area contributed by atoms with Crippen molar-refractivity contribution in [3.05, 3.63) is 0 Å². The molecule has 4 heteroatoms. The van der Waals surface area contributed by atoms with E-state index in [0.717, 1.165) is 32.4 Å². The molecule has 4 nitrogen and oxygen atoms in total. The topological polar surface area (TPSA) is 58.6 Å². The van der Waals surface area contributed by atoms with Gasteiger partial charge in [-0.05, 0) is 19.8 Å². The van der Waals surface area contributed by atoms with Crippen molar-refractivity contribution >= 4 is 5.97 Å². The zero-order valence-electron chi connectivity index (χ0n) is 9.95. The first kappa shape index (κ1) is 14.4. The number of methoxy groups -OCH3 is 1. The van der Waals surface area contributed by atoms with Gasteiger partial charge in [0.2, 0.25) is 0 Å². The highest BCUT2D eigenvalue weighted by Crippen LogP contribution is 2.09. The maximum atomic E-state index is 10.6. The minimum atomic E-state index is -0.699. The molecule has 2 atom stereocenters. The summed E-state index contributed by atoms with van der Waals surface area (Å²) in [5.74, 6) is -0.925. The second kappa shape index (κ2) is 8.68. The first-order valence-corrected chi connectivity index (χ1v) is 5.53. The summed E-state index contributed by atoms with van der Waals surface area (Å²) in [4.78, 5) is 10.6. The molecule has 0 radical (unpaired) electrons. The normalized spacial score (nSPS) is 14.9. The van der Waals surface area contributed by atoms with E-state index in [9.17, 15) is 4.79 Å². The summed E-state index contributed by atoms with van der Waals surface area (Å²) in [5, 5.41) is 12.0. The molecular formula is C11H23NO3. The van der Waals surface area contributed by atoms with Crippen molar-refractivity contribution in [1.82, 2.24) is 5.32 Å². The number of ether oxygens (including phenoxy) is 1. The van der Waals surface area contributed by atoms with Crippen LogP contribution in [0.25, 0.3) is 0 Å². The highest BCUT2D eigenvalue weighted by molar-refractivity contribution is 5.69. The Balaban J connectivity index is 3.38. The average molecular weight is 217 g/mol. The Bertz CT molecular complexity index is 173. The fourth-order valence-electron chi connectivity index (χ4n) is 1.36. The third kappa shape index (κ3) is 8.39. The van der Waals surface area contributed by atoms with Gasteiger partial charge < -0.3 is 15.2 Å². The number of carboxylic acids is 1. The van der Waals surface area contributed by atoms with Crippen LogP contribution in [0.5, 0.6) is 0 Å². The zero-order chi connectivity index (χ0) is 11.7. The standard InChI is InChI=1S/C11H23NO3/c1-9(11(13)14)5-4-6-10(2)12-7-8-15-3/h9-10,12H,4-8H2,1-3H3,(H,13,14). The number of hydrogen-bond donors (Lipinski definition) is 2. The molecule has 0 aromatic carbocycles. The van der Waals surface area contributed by atoms with E-state index in [-0.39, 0.29) is 5.92 Å². The molecule has 0 spiro atoms. The molecule has 2 N–H and O–H groups in total. The van der Waals surface area contributed by atoms with E-state index in [1.54, 1.807) is 14.0 Å². The van der Waals surface area contributed by atoms with Gasteiger partial charge in [-0.1, -0.05) is 13.3 Å². The van der Waals surface area contributed by atoms with Crippen molar-refractivity contribution in [3.8, 4) is 0 Å². The number of carboxylic acid groups (broad SMARTS) is 1. The Kier molecular flexibility index (Phi) is 8.33. The highest BCUT2D eigenvalue weighted by atomic mass is 16.5. The molecule has 0 heterocycles. The van der Waals surface area contributed by atoms with Gasteiger partial charge in [0.1, 0.15) is 0 Å². The molecular weight excluding hydrogens is 194 g/mol. The molecule has 0 aliphatic rings. The summed E-state index contributed by atoms with van der Waals surface area (Å²) in [7, 11) is 1.68. The lowest BCUT2D eigenvalue weighted by Gasteiger charge is -2.13. The lowest BCUT2D eigenvalue weighted by molar-refractivity contribution is -0.141. The molecule has 0 saturated carbocycles. The molecule has 0 saturated heterocycles. The van der Waals surface area contributed by atoms with Crippen LogP contribution in [0, 0.1) is 5.92 Å². The van der Waals surface area contributed by atoms with Gasteiger partial charge in [-0.2, -0.15) is 0 Å². The third-order valence-corrected chi connectivity index (χ3v) is 2.49. The van der Waals surface area contributed by atoms with Crippen LogP contribution in [-0.4, -0.2) is 37.4 Å². The fourth-order valence-corrected chi connectivity index (χ4v) is 1.36. The number of nitrogens with one attached hydrogen (secondary N) is 1. The van der Waals surface area contributed by atoms with Crippen molar-refractivity contribution in [2.75, 3.05) is 20.3 Å². The molecule has 15 heavy (non-hydrogen) atoms. The molecule has 0 aromatic heterocycles. The molecule has 0 bridgehead atoms. The molecule has 0 aliphatic heterocycles. The first-order chi connectivity index (χ1) is 7.07. The minimum absolute atomic E-state index is 0.226. The second-order valence-electron chi connectivity index (χ2n) is 4.02. The molecule has 0 fully saturated rings. The summed E-state index contributed by atoms with van der Waals surface area (Å²) < 4.78 is 4.93. The molecule has 90 valence electrons. The number of hydrogen-bond acceptors (Lipinski definition) is 3. The van der Waals surface area contributed by atoms with Crippen molar-refractivity contribution in [2.24, 2.45) is 5.92 Å². The Morgan fingerprint density at radius 2 is 2.07 bits per heavy atom. The number of rotatable bonds is 9. The van der Waals surface area contributed by atoms with Crippen molar-refractivity contribution in [1.29, 1.82) is 0 Å². The lowest BCUT2D eigenvalue weighted by atomic mass is 10.0. The Morgan fingerprint density at radius 1 is 1.40 bits per heavy atom. The summed E-state index contributed by atoms with van der Waals surface area (Å²) >= 11 is 0. The van der Waals surface area contributed by atoms with E-state index in [4.69, 9.17) is 9.84 Å².